The summed E-state index contributed by atoms with van der Waals surface area (Å²) >= 11 is 0. The van der Waals surface area contributed by atoms with Gasteiger partial charge >= 0.3 is 5.97 Å². The highest BCUT2D eigenvalue weighted by molar-refractivity contribution is 5.88. The molecule has 1 atom stereocenters. The number of nitrogens with two attached hydrogens (primary N) is 1. The molecule has 1 aromatic rings. The van der Waals surface area contributed by atoms with Crippen molar-refractivity contribution >= 4 is 17.8 Å². The molecule has 0 aliphatic rings. The van der Waals surface area contributed by atoms with E-state index < -0.39 is 17.9 Å². The van der Waals surface area contributed by atoms with Crippen LogP contribution in [-0.4, -0.2) is 42.0 Å². The number of hydrogen-bond acceptors (Lipinski definition) is 4. The second-order valence-corrected chi connectivity index (χ2v) is 5.18. The molecule has 7 nitrogen and oxygen atoms in total. The minimum Gasteiger partial charge on any atom is -0.480 e. The van der Waals surface area contributed by atoms with Gasteiger partial charge in [-0.15, -0.1) is 0 Å². The van der Waals surface area contributed by atoms with Gasteiger partial charge in [0.05, 0.1) is 13.0 Å². The summed E-state index contributed by atoms with van der Waals surface area (Å²) in [5, 5.41) is 13.9. The van der Waals surface area contributed by atoms with E-state index in [1.807, 2.05) is 30.3 Å². The van der Waals surface area contributed by atoms with Crippen molar-refractivity contribution in [1.82, 2.24) is 10.6 Å². The number of nitrogens with one attached hydrogen (secondary N) is 2. The molecule has 0 radical (unpaired) electrons. The van der Waals surface area contributed by atoms with E-state index in [9.17, 15) is 14.4 Å². The summed E-state index contributed by atoms with van der Waals surface area (Å²) in [5.41, 5.74) is 6.20. The Balaban J connectivity index is 2.33. The van der Waals surface area contributed by atoms with Gasteiger partial charge in [0.2, 0.25) is 11.8 Å². The molecule has 5 N–H and O–H groups in total. The molecular formula is C16H23N3O4. The molecule has 2 amide bonds. The fourth-order valence-corrected chi connectivity index (χ4v) is 2.02. The zero-order valence-electron chi connectivity index (χ0n) is 13.0. The number of carboxylic acids is 1. The zero-order chi connectivity index (χ0) is 17.1. The summed E-state index contributed by atoms with van der Waals surface area (Å²) in [6.45, 7) is 0.238. The number of carboxylic acid groups (broad SMARTS) is 1. The summed E-state index contributed by atoms with van der Waals surface area (Å²) in [5.74, 6) is -1.90. The van der Waals surface area contributed by atoms with Crippen molar-refractivity contribution in [2.75, 3.05) is 13.1 Å². The number of aliphatic carboxylic acids is 1. The summed E-state index contributed by atoms with van der Waals surface area (Å²) in [6, 6.07) is 8.18. The Kier molecular flexibility index (Phi) is 8.38. The fourth-order valence-electron chi connectivity index (χ4n) is 2.02. The average Bonchev–Trinajstić information content (AvgIpc) is 2.53. The Bertz CT molecular complexity index is 519. The molecule has 1 unspecified atom stereocenters. The van der Waals surface area contributed by atoms with Gasteiger partial charge in [0.1, 0.15) is 6.04 Å². The van der Waals surface area contributed by atoms with Gasteiger partial charge in [0.15, 0.2) is 0 Å². The van der Waals surface area contributed by atoms with Gasteiger partial charge < -0.3 is 21.5 Å². The predicted molar refractivity (Wildman–Crippen MR) is 85.6 cm³/mol. The Labute approximate surface area is 135 Å². The molecule has 0 spiro atoms. The van der Waals surface area contributed by atoms with Crippen LogP contribution in [-0.2, 0) is 20.8 Å². The summed E-state index contributed by atoms with van der Waals surface area (Å²) in [7, 11) is 0. The molecule has 1 rings (SSSR count). The molecule has 1 aromatic carbocycles. The van der Waals surface area contributed by atoms with E-state index in [2.05, 4.69) is 10.6 Å². The summed E-state index contributed by atoms with van der Waals surface area (Å²) < 4.78 is 0. The van der Waals surface area contributed by atoms with Gasteiger partial charge in [-0.1, -0.05) is 30.3 Å². The van der Waals surface area contributed by atoms with E-state index >= 15 is 0 Å². The van der Waals surface area contributed by atoms with Gasteiger partial charge in [-0.25, -0.2) is 4.79 Å². The van der Waals surface area contributed by atoms with E-state index in [0.717, 1.165) is 5.56 Å². The molecule has 0 fully saturated rings. The lowest BCUT2D eigenvalue weighted by Gasteiger charge is -2.14. The largest absolute Gasteiger partial charge is 0.480 e. The first kappa shape index (κ1) is 18.6. The topological polar surface area (TPSA) is 122 Å². The van der Waals surface area contributed by atoms with Gasteiger partial charge in [0.25, 0.3) is 0 Å². The standard InChI is InChI=1S/C16H23N3O4/c17-9-5-4-8-13(16(22)23)19-15(21)11-18-14(20)10-12-6-2-1-3-7-12/h1-3,6-7,13H,4-5,8-11,17H2,(H,18,20)(H,19,21)(H,22,23). The van der Waals surface area contributed by atoms with Crippen LogP contribution in [0.5, 0.6) is 0 Å². The summed E-state index contributed by atoms with van der Waals surface area (Å²) in [4.78, 5) is 34.5. The second kappa shape index (κ2) is 10.3. The molecule has 126 valence electrons. The van der Waals surface area contributed by atoms with E-state index in [1.54, 1.807) is 0 Å². The third-order valence-corrected chi connectivity index (χ3v) is 3.23. The van der Waals surface area contributed by atoms with Crippen LogP contribution in [0.1, 0.15) is 24.8 Å². The molecule has 0 aliphatic carbocycles. The number of carbonyl (C=O) groups excluding carboxylic acids is 2. The number of benzene rings is 1. The van der Waals surface area contributed by atoms with Crippen LogP contribution in [0, 0.1) is 0 Å². The van der Waals surface area contributed by atoms with Crippen molar-refractivity contribution in [2.24, 2.45) is 5.73 Å². The van der Waals surface area contributed by atoms with E-state index in [0.29, 0.717) is 25.8 Å². The van der Waals surface area contributed by atoms with E-state index in [4.69, 9.17) is 10.8 Å². The van der Waals surface area contributed by atoms with Crippen LogP contribution >= 0.6 is 0 Å². The normalized spacial score (nSPS) is 11.5. The van der Waals surface area contributed by atoms with Crippen LogP contribution < -0.4 is 16.4 Å². The van der Waals surface area contributed by atoms with Crippen molar-refractivity contribution < 1.29 is 19.5 Å². The van der Waals surface area contributed by atoms with Gasteiger partial charge in [-0.3, -0.25) is 9.59 Å². The Morgan fingerprint density at radius 2 is 1.78 bits per heavy atom. The third kappa shape index (κ3) is 7.96. The summed E-state index contributed by atoms with van der Waals surface area (Å²) in [6.07, 6.45) is 1.81. The molecule has 23 heavy (non-hydrogen) atoms. The number of unbranched alkanes of at least 4 members (excludes halogenated alkanes) is 1. The number of rotatable bonds is 10. The van der Waals surface area contributed by atoms with Crippen molar-refractivity contribution in [2.45, 2.75) is 31.7 Å². The first-order valence-corrected chi connectivity index (χ1v) is 7.55. The molecule has 0 heterocycles. The van der Waals surface area contributed by atoms with Crippen molar-refractivity contribution in [3.8, 4) is 0 Å². The van der Waals surface area contributed by atoms with Crippen LogP contribution in [0.15, 0.2) is 30.3 Å². The highest BCUT2D eigenvalue weighted by atomic mass is 16.4. The third-order valence-electron chi connectivity index (χ3n) is 3.23. The molecule has 0 bridgehead atoms. The minimum atomic E-state index is -1.09. The van der Waals surface area contributed by atoms with Crippen LogP contribution in [0.25, 0.3) is 0 Å². The number of amides is 2. The molecule has 0 saturated heterocycles. The molecule has 0 aromatic heterocycles. The fraction of sp³-hybridized carbons (Fsp3) is 0.438. The van der Waals surface area contributed by atoms with Crippen molar-refractivity contribution in [3.63, 3.8) is 0 Å². The zero-order valence-corrected chi connectivity index (χ0v) is 13.0. The monoisotopic (exact) mass is 321 g/mol. The first-order chi connectivity index (χ1) is 11.0. The SMILES string of the molecule is NCCCCC(NC(=O)CNC(=O)Cc1ccccc1)C(=O)O. The average molecular weight is 321 g/mol. The second-order valence-electron chi connectivity index (χ2n) is 5.18. The number of carbonyl (C=O) groups is 3. The van der Waals surface area contributed by atoms with Crippen LogP contribution in [0.4, 0.5) is 0 Å². The maximum atomic E-state index is 11.7. The van der Waals surface area contributed by atoms with Crippen LogP contribution in [0.3, 0.4) is 0 Å². The predicted octanol–water partition coefficient (Wildman–Crippen LogP) is 0.0437. The van der Waals surface area contributed by atoms with Gasteiger partial charge in [-0.2, -0.15) is 0 Å². The number of hydrogen-bond donors (Lipinski definition) is 4. The maximum absolute atomic E-state index is 11.7. The Morgan fingerprint density at radius 3 is 2.39 bits per heavy atom. The smallest absolute Gasteiger partial charge is 0.326 e. The molecule has 7 heteroatoms. The lowest BCUT2D eigenvalue weighted by atomic mass is 10.1. The maximum Gasteiger partial charge on any atom is 0.326 e. The van der Waals surface area contributed by atoms with E-state index in [1.165, 1.54) is 0 Å². The Hall–Kier alpha value is -2.41. The van der Waals surface area contributed by atoms with Gasteiger partial charge in [-0.05, 0) is 31.4 Å². The highest BCUT2D eigenvalue weighted by Crippen LogP contribution is 2.01. The molecule has 0 saturated carbocycles. The Morgan fingerprint density at radius 1 is 1.09 bits per heavy atom. The molecular weight excluding hydrogens is 298 g/mol. The highest BCUT2D eigenvalue weighted by Gasteiger charge is 2.19. The van der Waals surface area contributed by atoms with Crippen LogP contribution in [0.2, 0.25) is 0 Å². The molecule has 0 aliphatic heterocycles. The minimum absolute atomic E-state index is 0.174. The lowest BCUT2D eigenvalue weighted by Crippen LogP contribution is -2.45. The van der Waals surface area contributed by atoms with Crippen molar-refractivity contribution in [1.29, 1.82) is 0 Å². The van der Waals surface area contributed by atoms with E-state index in [-0.39, 0.29) is 18.9 Å². The first-order valence-electron chi connectivity index (χ1n) is 7.55. The lowest BCUT2D eigenvalue weighted by molar-refractivity contribution is -0.142. The quantitative estimate of drug-likeness (QED) is 0.453. The van der Waals surface area contributed by atoms with Crippen molar-refractivity contribution in [3.05, 3.63) is 35.9 Å². The van der Waals surface area contributed by atoms with Gasteiger partial charge in [0, 0.05) is 0 Å².